The van der Waals surface area contributed by atoms with Crippen LogP contribution in [0.2, 0.25) is 0 Å². The predicted octanol–water partition coefficient (Wildman–Crippen LogP) is 3.19. The van der Waals surface area contributed by atoms with E-state index in [2.05, 4.69) is 34.1 Å². The van der Waals surface area contributed by atoms with E-state index in [1.165, 1.54) is 17.7 Å². The topological polar surface area (TPSA) is 26.7 Å². The van der Waals surface area contributed by atoms with Crippen molar-refractivity contribution in [3.8, 4) is 0 Å². The molecule has 1 N–H and O–H groups in total. The van der Waals surface area contributed by atoms with Crippen LogP contribution >= 0.6 is 0 Å². The van der Waals surface area contributed by atoms with E-state index in [1.807, 2.05) is 18.2 Å². The van der Waals surface area contributed by atoms with Crippen LogP contribution in [0.25, 0.3) is 6.08 Å². The number of halogens is 1. The predicted molar refractivity (Wildman–Crippen MR) is 99.7 cm³/mol. The molecule has 1 aliphatic rings. The number of aliphatic hydroxyl groups is 1. The van der Waals surface area contributed by atoms with Crippen molar-refractivity contribution < 1.29 is 9.50 Å². The molecule has 1 atom stereocenters. The third-order valence-electron chi connectivity index (χ3n) is 4.60. The number of hydrogen-bond donors (Lipinski definition) is 1. The first-order valence-corrected chi connectivity index (χ1v) is 8.80. The van der Waals surface area contributed by atoms with Gasteiger partial charge in [0.15, 0.2) is 0 Å². The van der Waals surface area contributed by atoms with Gasteiger partial charge < -0.3 is 5.11 Å². The van der Waals surface area contributed by atoms with E-state index >= 15 is 0 Å². The number of piperazine rings is 1. The highest BCUT2D eigenvalue weighted by atomic mass is 19.1. The Morgan fingerprint density at radius 2 is 1.68 bits per heavy atom. The minimum absolute atomic E-state index is 0.299. The third-order valence-corrected chi connectivity index (χ3v) is 4.60. The zero-order valence-corrected chi connectivity index (χ0v) is 14.4. The fourth-order valence-corrected chi connectivity index (χ4v) is 3.12. The Labute approximate surface area is 149 Å². The van der Waals surface area contributed by atoms with E-state index in [4.69, 9.17) is 0 Å². The quantitative estimate of drug-likeness (QED) is 0.875. The van der Waals surface area contributed by atoms with Crippen molar-refractivity contribution in [2.75, 3.05) is 39.3 Å². The Bertz CT molecular complexity index is 681. The van der Waals surface area contributed by atoms with Crippen LogP contribution in [0.4, 0.5) is 4.39 Å². The van der Waals surface area contributed by atoms with E-state index in [9.17, 15) is 9.50 Å². The Balaban J connectivity index is 1.42. The maximum absolute atomic E-state index is 13.3. The zero-order chi connectivity index (χ0) is 17.5. The van der Waals surface area contributed by atoms with Crippen LogP contribution in [-0.4, -0.2) is 54.2 Å². The summed E-state index contributed by atoms with van der Waals surface area (Å²) in [6, 6.07) is 16.5. The van der Waals surface area contributed by atoms with Gasteiger partial charge >= 0.3 is 0 Å². The molecule has 25 heavy (non-hydrogen) atoms. The normalized spacial score (nSPS) is 17.8. The molecule has 0 saturated carbocycles. The first-order chi connectivity index (χ1) is 12.2. The average Bonchev–Trinajstić information content (AvgIpc) is 2.64. The molecule has 2 aromatic rings. The lowest BCUT2D eigenvalue weighted by Gasteiger charge is -2.35. The van der Waals surface area contributed by atoms with Crippen LogP contribution in [0.1, 0.15) is 17.2 Å². The van der Waals surface area contributed by atoms with Crippen LogP contribution in [0.15, 0.2) is 60.7 Å². The van der Waals surface area contributed by atoms with Crippen LogP contribution in [-0.2, 0) is 0 Å². The molecule has 0 bridgehead atoms. The smallest absolute Gasteiger partial charge is 0.123 e. The number of nitrogens with zero attached hydrogens (tertiary/aromatic N) is 2. The van der Waals surface area contributed by atoms with Gasteiger partial charge in [-0.25, -0.2) is 4.39 Å². The molecule has 3 rings (SSSR count). The Hall–Kier alpha value is -2.01. The highest BCUT2D eigenvalue weighted by Crippen LogP contribution is 2.16. The second-order valence-electron chi connectivity index (χ2n) is 6.49. The molecule has 1 saturated heterocycles. The summed E-state index contributed by atoms with van der Waals surface area (Å²) >= 11 is 0. The lowest BCUT2D eigenvalue weighted by atomic mass is 10.1. The summed E-state index contributed by atoms with van der Waals surface area (Å²) in [5, 5.41) is 10.3. The number of aliphatic hydroxyl groups excluding tert-OH is 1. The first kappa shape index (κ1) is 17.8. The number of benzene rings is 2. The second-order valence-corrected chi connectivity index (χ2v) is 6.49. The Kier molecular flexibility index (Phi) is 6.34. The minimum Gasteiger partial charge on any atom is -0.387 e. The van der Waals surface area contributed by atoms with Crippen molar-refractivity contribution >= 4 is 6.08 Å². The van der Waals surface area contributed by atoms with Gasteiger partial charge in [0.2, 0.25) is 0 Å². The van der Waals surface area contributed by atoms with Crippen molar-refractivity contribution in [3.63, 3.8) is 0 Å². The monoisotopic (exact) mass is 340 g/mol. The maximum atomic E-state index is 13.3. The van der Waals surface area contributed by atoms with Crippen LogP contribution in [0.5, 0.6) is 0 Å². The van der Waals surface area contributed by atoms with E-state index in [-0.39, 0.29) is 5.82 Å². The van der Waals surface area contributed by atoms with Crippen molar-refractivity contribution in [1.82, 2.24) is 9.80 Å². The molecule has 2 aromatic carbocycles. The fourth-order valence-electron chi connectivity index (χ4n) is 3.12. The van der Waals surface area contributed by atoms with Crippen molar-refractivity contribution in [3.05, 3.63) is 77.6 Å². The molecule has 1 unspecified atom stereocenters. The molecule has 132 valence electrons. The fraction of sp³-hybridized carbons (Fsp3) is 0.333. The third kappa shape index (κ3) is 5.49. The van der Waals surface area contributed by atoms with Gasteiger partial charge in [-0.3, -0.25) is 9.80 Å². The van der Waals surface area contributed by atoms with E-state index in [1.54, 1.807) is 12.1 Å². The lowest BCUT2D eigenvalue weighted by Crippen LogP contribution is -2.47. The highest BCUT2D eigenvalue weighted by molar-refractivity contribution is 5.48. The number of β-amino-alcohol motifs (C(OH)–C–C–N with tert-alkyl or cyclic N) is 1. The van der Waals surface area contributed by atoms with Crippen molar-refractivity contribution in [1.29, 1.82) is 0 Å². The minimum atomic E-state index is -0.639. The van der Waals surface area contributed by atoms with Gasteiger partial charge in [0.1, 0.15) is 5.82 Å². The molecule has 1 heterocycles. The molecule has 1 aliphatic heterocycles. The first-order valence-electron chi connectivity index (χ1n) is 8.80. The summed E-state index contributed by atoms with van der Waals surface area (Å²) in [4.78, 5) is 4.65. The summed E-state index contributed by atoms with van der Waals surface area (Å²) in [7, 11) is 0. The summed E-state index contributed by atoms with van der Waals surface area (Å²) in [5.74, 6) is -0.299. The van der Waals surface area contributed by atoms with Crippen LogP contribution in [0.3, 0.4) is 0 Å². The summed E-state index contributed by atoms with van der Waals surface area (Å²) in [6.45, 7) is 5.30. The number of rotatable bonds is 6. The van der Waals surface area contributed by atoms with Crippen LogP contribution in [0, 0.1) is 5.82 Å². The SMILES string of the molecule is OC(CN1CCN(C/C=C/c2ccccc2)CC1)c1cccc(F)c1. The summed E-state index contributed by atoms with van der Waals surface area (Å²) in [5.41, 5.74) is 1.87. The molecular formula is C21H25FN2O. The molecule has 1 fully saturated rings. The zero-order valence-electron chi connectivity index (χ0n) is 14.4. The van der Waals surface area contributed by atoms with Gasteiger partial charge in [-0.1, -0.05) is 54.6 Å². The molecule has 4 heteroatoms. The van der Waals surface area contributed by atoms with E-state index < -0.39 is 6.10 Å². The number of hydrogen-bond acceptors (Lipinski definition) is 3. The van der Waals surface area contributed by atoms with Crippen LogP contribution < -0.4 is 0 Å². The van der Waals surface area contributed by atoms with Crippen molar-refractivity contribution in [2.45, 2.75) is 6.10 Å². The molecule has 0 spiro atoms. The van der Waals surface area contributed by atoms with Gasteiger partial charge in [-0.05, 0) is 23.3 Å². The molecule has 0 radical (unpaired) electrons. The van der Waals surface area contributed by atoms with Gasteiger partial charge in [0, 0.05) is 39.3 Å². The standard InChI is InChI=1S/C21H25FN2O/c22-20-10-4-9-19(16-20)21(25)17-24-14-12-23(13-15-24)11-5-8-18-6-2-1-3-7-18/h1-10,16,21,25H,11-15,17H2/b8-5+. The Morgan fingerprint density at radius 3 is 2.40 bits per heavy atom. The molecule has 0 aliphatic carbocycles. The molecule has 0 amide bonds. The molecule has 3 nitrogen and oxygen atoms in total. The highest BCUT2D eigenvalue weighted by Gasteiger charge is 2.19. The van der Waals surface area contributed by atoms with Crippen molar-refractivity contribution in [2.24, 2.45) is 0 Å². The average molecular weight is 340 g/mol. The van der Waals surface area contributed by atoms with Gasteiger partial charge in [0.05, 0.1) is 6.10 Å². The van der Waals surface area contributed by atoms with E-state index in [0.29, 0.717) is 12.1 Å². The maximum Gasteiger partial charge on any atom is 0.123 e. The van der Waals surface area contributed by atoms with Gasteiger partial charge in [-0.2, -0.15) is 0 Å². The summed E-state index contributed by atoms with van der Waals surface area (Å²) in [6.07, 6.45) is 3.72. The molecular weight excluding hydrogens is 315 g/mol. The van der Waals surface area contributed by atoms with E-state index in [0.717, 1.165) is 32.7 Å². The van der Waals surface area contributed by atoms with Gasteiger partial charge in [0.25, 0.3) is 0 Å². The largest absolute Gasteiger partial charge is 0.387 e. The Morgan fingerprint density at radius 1 is 0.960 bits per heavy atom. The van der Waals surface area contributed by atoms with Gasteiger partial charge in [-0.15, -0.1) is 0 Å². The lowest BCUT2D eigenvalue weighted by molar-refractivity contribution is 0.0762. The molecule has 0 aromatic heterocycles. The summed E-state index contributed by atoms with van der Waals surface area (Å²) < 4.78 is 13.3. The second kappa shape index (κ2) is 8.90.